The number of ether oxygens (including phenoxy) is 3. The maximum Gasteiger partial charge on any atom is 0.388 e. The second-order valence-corrected chi connectivity index (χ2v) is 9.01. The molecular weight excluding hydrogens is 267 g/mol. The van der Waals surface area contributed by atoms with Crippen LogP contribution in [0.2, 0.25) is 12.6 Å². The molecule has 0 N–H and O–H groups in total. The van der Waals surface area contributed by atoms with E-state index in [0.717, 1.165) is 0 Å². The fraction of sp³-hybridized carbons (Fsp3) is 1.00. The van der Waals surface area contributed by atoms with Crippen LogP contribution in [0.3, 0.4) is 0 Å². The molecule has 0 bridgehead atoms. The third-order valence-corrected chi connectivity index (χ3v) is 8.48. The standard InChI is InChI=1S/C10H22F3NO3Si/c1-14(2)18(6,8-7-9(11,12)13)10(15-3,16-4)17-5/h7-8H2,1-6H3. The van der Waals surface area contributed by atoms with Crippen molar-refractivity contribution >= 4 is 8.24 Å². The molecule has 0 saturated carbocycles. The monoisotopic (exact) mass is 289 g/mol. The van der Waals surface area contributed by atoms with Crippen LogP contribution in [0.25, 0.3) is 0 Å². The van der Waals surface area contributed by atoms with E-state index in [9.17, 15) is 13.2 Å². The Labute approximate surface area is 107 Å². The van der Waals surface area contributed by atoms with Crippen LogP contribution < -0.4 is 0 Å². The molecule has 0 heterocycles. The molecule has 1 unspecified atom stereocenters. The molecule has 0 rings (SSSR count). The Hall–Kier alpha value is -0.153. The zero-order valence-corrected chi connectivity index (χ0v) is 12.7. The van der Waals surface area contributed by atoms with Crippen molar-refractivity contribution in [2.24, 2.45) is 0 Å². The van der Waals surface area contributed by atoms with E-state index in [1.54, 1.807) is 25.2 Å². The predicted octanol–water partition coefficient (Wildman–Crippen LogP) is 2.21. The van der Waals surface area contributed by atoms with Crippen LogP contribution in [0.15, 0.2) is 0 Å². The van der Waals surface area contributed by atoms with Crippen LogP contribution in [0, 0.1) is 0 Å². The lowest BCUT2D eigenvalue weighted by atomic mass is 10.5. The molecular formula is C10H22F3NO3Si. The Morgan fingerprint density at radius 3 is 1.61 bits per heavy atom. The predicted molar refractivity (Wildman–Crippen MR) is 64.5 cm³/mol. The summed E-state index contributed by atoms with van der Waals surface area (Å²) in [5.41, 5.74) is -1.41. The second-order valence-electron chi connectivity index (χ2n) is 4.45. The lowest BCUT2D eigenvalue weighted by Gasteiger charge is -2.46. The average molecular weight is 289 g/mol. The highest BCUT2D eigenvalue weighted by Crippen LogP contribution is 2.35. The molecule has 0 fully saturated rings. The molecule has 110 valence electrons. The molecule has 0 spiro atoms. The number of rotatable bonds is 7. The minimum Gasteiger partial charge on any atom is -0.334 e. The van der Waals surface area contributed by atoms with Gasteiger partial charge in [-0.1, -0.05) is 0 Å². The quantitative estimate of drug-likeness (QED) is 0.531. The van der Waals surface area contributed by atoms with E-state index in [1.807, 2.05) is 0 Å². The minimum atomic E-state index is -4.20. The molecule has 18 heavy (non-hydrogen) atoms. The van der Waals surface area contributed by atoms with Gasteiger partial charge in [-0.2, -0.15) is 13.2 Å². The van der Waals surface area contributed by atoms with Crippen molar-refractivity contribution in [3.8, 4) is 0 Å². The van der Waals surface area contributed by atoms with Gasteiger partial charge >= 0.3 is 6.18 Å². The van der Waals surface area contributed by atoms with Crippen LogP contribution >= 0.6 is 0 Å². The van der Waals surface area contributed by atoms with Crippen molar-refractivity contribution in [3.05, 3.63) is 0 Å². The van der Waals surface area contributed by atoms with Gasteiger partial charge < -0.3 is 18.8 Å². The molecule has 0 amide bonds. The van der Waals surface area contributed by atoms with Crippen molar-refractivity contribution in [1.82, 2.24) is 4.57 Å². The number of hydrogen-bond donors (Lipinski definition) is 0. The maximum atomic E-state index is 12.4. The first-order valence-corrected chi connectivity index (χ1v) is 8.13. The SMILES string of the molecule is COC(OC)(OC)[Si](C)(CCC(F)(F)F)N(C)C. The summed E-state index contributed by atoms with van der Waals surface area (Å²) < 4.78 is 54.7. The summed E-state index contributed by atoms with van der Waals surface area (Å²) in [5.74, 6) is 0. The molecule has 0 aliphatic carbocycles. The topological polar surface area (TPSA) is 30.9 Å². The van der Waals surface area contributed by atoms with Crippen LogP contribution in [0.4, 0.5) is 13.2 Å². The van der Waals surface area contributed by atoms with Gasteiger partial charge in [0.1, 0.15) is 0 Å². The summed E-state index contributed by atoms with van der Waals surface area (Å²) in [6, 6.07) is -0.0704. The summed E-state index contributed by atoms with van der Waals surface area (Å²) >= 11 is 0. The van der Waals surface area contributed by atoms with E-state index in [-0.39, 0.29) is 6.04 Å². The number of nitrogens with zero attached hydrogens (tertiary/aromatic N) is 1. The molecule has 0 aliphatic rings. The zero-order valence-electron chi connectivity index (χ0n) is 11.7. The van der Waals surface area contributed by atoms with Crippen molar-refractivity contribution in [3.63, 3.8) is 0 Å². The van der Waals surface area contributed by atoms with Gasteiger partial charge in [0.25, 0.3) is 5.60 Å². The van der Waals surface area contributed by atoms with Gasteiger partial charge in [-0.05, 0) is 26.7 Å². The molecule has 0 radical (unpaired) electrons. The molecule has 0 aromatic rings. The lowest BCUT2D eigenvalue weighted by molar-refractivity contribution is -0.304. The van der Waals surface area contributed by atoms with E-state index in [0.29, 0.717) is 0 Å². The summed E-state index contributed by atoms with van der Waals surface area (Å²) in [5, 5.41) is 0. The zero-order chi connectivity index (χ0) is 14.6. The van der Waals surface area contributed by atoms with Gasteiger partial charge in [-0.3, -0.25) is 0 Å². The Morgan fingerprint density at radius 1 is 1.00 bits per heavy atom. The summed E-state index contributed by atoms with van der Waals surface area (Å²) in [7, 11) is 4.77. The number of hydrogen-bond acceptors (Lipinski definition) is 4. The van der Waals surface area contributed by atoms with Crippen LogP contribution in [0.1, 0.15) is 6.42 Å². The smallest absolute Gasteiger partial charge is 0.334 e. The van der Waals surface area contributed by atoms with Gasteiger partial charge in [0.2, 0.25) is 8.24 Å². The first-order chi connectivity index (χ1) is 8.08. The third kappa shape index (κ3) is 3.67. The first kappa shape index (κ1) is 17.8. The fourth-order valence-electron chi connectivity index (χ4n) is 1.95. The summed E-state index contributed by atoms with van der Waals surface area (Å²) in [6.45, 7) is 1.75. The van der Waals surface area contributed by atoms with E-state index >= 15 is 0 Å². The summed E-state index contributed by atoms with van der Waals surface area (Å²) in [4.78, 5) is 0. The normalized spacial score (nSPS) is 17.0. The molecule has 0 saturated heterocycles. The fourth-order valence-corrected chi connectivity index (χ4v) is 5.34. The highest BCUT2D eigenvalue weighted by Gasteiger charge is 2.56. The van der Waals surface area contributed by atoms with Crippen molar-refractivity contribution in [1.29, 1.82) is 0 Å². The van der Waals surface area contributed by atoms with Gasteiger partial charge in [-0.15, -0.1) is 0 Å². The molecule has 0 aromatic heterocycles. The summed E-state index contributed by atoms with van der Waals surface area (Å²) in [6.07, 6.45) is -5.09. The van der Waals surface area contributed by atoms with Crippen molar-refractivity contribution in [2.75, 3.05) is 35.4 Å². The molecule has 1 atom stereocenters. The Kier molecular flexibility index (Phi) is 6.28. The van der Waals surface area contributed by atoms with Gasteiger partial charge in [0.15, 0.2) is 0 Å². The maximum absolute atomic E-state index is 12.4. The highest BCUT2D eigenvalue weighted by molar-refractivity contribution is 6.77. The van der Waals surface area contributed by atoms with E-state index in [2.05, 4.69) is 0 Å². The highest BCUT2D eigenvalue weighted by atomic mass is 28.3. The Morgan fingerprint density at radius 2 is 1.39 bits per heavy atom. The Bertz CT molecular complexity index is 251. The lowest BCUT2D eigenvalue weighted by Crippen LogP contribution is -2.68. The van der Waals surface area contributed by atoms with Crippen LogP contribution in [0.5, 0.6) is 0 Å². The molecule has 0 aromatic carbocycles. The van der Waals surface area contributed by atoms with Gasteiger partial charge in [0, 0.05) is 27.8 Å². The van der Waals surface area contributed by atoms with Gasteiger partial charge in [0.05, 0.1) is 0 Å². The molecule has 8 heteroatoms. The van der Waals surface area contributed by atoms with E-state index < -0.39 is 26.4 Å². The number of alkyl halides is 3. The van der Waals surface area contributed by atoms with E-state index in [1.165, 1.54) is 21.3 Å². The first-order valence-electron chi connectivity index (χ1n) is 5.48. The Balaban J connectivity index is 5.24. The second kappa shape index (κ2) is 6.33. The van der Waals surface area contributed by atoms with Crippen LogP contribution in [-0.4, -0.2) is 60.0 Å². The number of halogens is 3. The molecule has 4 nitrogen and oxygen atoms in total. The number of methoxy groups -OCH3 is 3. The largest absolute Gasteiger partial charge is 0.388 e. The van der Waals surface area contributed by atoms with Crippen LogP contribution in [-0.2, 0) is 14.2 Å². The van der Waals surface area contributed by atoms with Crippen molar-refractivity contribution < 1.29 is 27.4 Å². The van der Waals surface area contributed by atoms with E-state index in [4.69, 9.17) is 14.2 Å². The van der Waals surface area contributed by atoms with Crippen molar-refractivity contribution in [2.45, 2.75) is 30.8 Å². The minimum absolute atomic E-state index is 0.0704. The van der Waals surface area contributed by atoms with Gasteiger partial charge in [-0.25, -0.2) is 0 Å². The average Bonchev–Trinajstić information content (AvgIpc) is 2.28. The third-order valence-electron chi connectivity index (χ3n) is 3.35. The molecule has 0 aliphatic heterocycles.